The van der Waals surface area contributed by atoms with Crippen LogP contribution in [-0.4, -0.2) is 17.5 Å². The molecule has 0 N–H and O–H groups in total. The fourth-order valence-corrected chi connectivity index (χ4v) is 1.72. The third-order valence-corrected chi connectivity index (χ3v) is 2.97. The minimum absolute atomic E-state index is 0.113. The van der Waals surface area contributed by atoms with E-state index in [1.165, 1.54) is 6.08 Å². The predicted octanol–water partition coefficient (Wildman–Crippen LogP) is 4.88. The van der Waals surface area contributed by atoms with E-state index in [1.807, 2.05) is 26.8 Å². The van der Waals surface area contributed by atoms with E-state index in [0.717, 1.165) is 24.8 Å². The molecule has 0 bridgehead atoms. The number of alkyl halides is 1. The van der Waals surface area contributed by atoms with E-state index in [2.05, 4.69) is 13.0 Å². The summed E-state index contributed by atoms with van der Waals surface area (Å²) in [6, 6.07) is 0. The Labute approximate surface area is 122 Å². The predicted molar refractivity (Wildman–Crippen MR) is 82.5 cm³/mol. The van der Waals surface area contributed by atoms with Gasteiger partial charge in [0.05, 0.1) is 6.61 Å². The van der Waals surface area contributed by atoms with Crippen molar-refractivity contribution in [3.05, 3.63) is 23.8 Å². The van der Waals surface area contributed by atoms with Gasteiger partial charge in [0.25, 0.3) is 0 Å². The summed E-state index contributed by atoms with van der Waals surface area (Å²) < 4.78 is 4.85. The van der Waals surface area contributed by atoms with Gasteiger partial charge in [-0.25, -0.2) is 4.79 Å². The van der Waals surface area contributed by atoms with E-state index in [0.29, 0.717) is 12.5 Å². The molecule has 2 nitrogen and oxygen atoms in total. The molecule has 0 aliphatic carbocycles. The SMILES string of the molecule is CCOC(=O)/C=C(C)/C=C/CC(C)CCC(C)(C)Cl. The van der Waals surface area contributed by atoms with Crippen LogP contribution < -0.4 is 0 Å². The minimum Gasteiger partial charge on any atom is -0.463 e. The van der Waals surface area contributed by atoms with E-state index >= 15 is 0 Å². The lowest BCUT2D eigenvalue weighted by molar-refractivity contribution is -0.137. The van der Waals surface area contributed by atoms with Crippen molar-refractivity contribution in [3.63, 3.8) is 0 Å². The molecule has 0 heterocycles. The highest BCUT2D eigenvalue weighted by molar-refractivity contribution is 6.23. The molecule has 0 aromatic carbocycles. The van der Waals surface area contributed by atoms with Crippen molar-refractivity contribution in [2.75, 3.05) is 6.61 Å². The summed E-state index contributed by atoms with van der Waals surface area (Å²) in [6.07, 6.45) is 8.73. The fraction of sp³-hybridized carbons (Fsp3) is 0.688. The van der Waals surface area contributed by atoms with Gasteiger partial charge in [0.15, 0.2) is 0 Å². The molecule has 0 aromatic rings. The second-order valence-corrected chi connectivity index (χ2v) is 6.66. The summed E-state index contributed by atoms with van der Waals surface area (Å²) in [6.45, 7) is 10.4. The molecule has 0 fully saturated rings. The summed E-state index contributed by atoms with van der Waals surface area (Å²) >= 11 is 6.17. The average Bonchev–Trinajstić information content (AvgIpc) is 2.25. The van der Waals surface area contributed by atoms with E-state index in [9.17, 15) is 4.79 Å². The lowest BCUT2D eigenvalue weighted by Crippen LogP contribution is -2.11. The van der Waals surface area contributed by atoms with Crippen molar-refractivity contribution >= 4 is 17.6 Å². The van der Waals surface area contributed by atoms with Gasteiger partial charge >= 0.3 is 5.97 Å². The van der Waals surface area contributed by atoms with Crippen molar-refractivity contribution in [3.8, 4) is 0 Å². The first-order chi connectivity index (χ1) is 8.74. The maximum absolute atomic E-state index is 11.2. The minimum atomic E-state index is -0.276. The van der Waals surface area contributed by atoms with Crippen molar-refractivity contribution in [2.45, 2.75) is 58.8 Å². The van der Waals surface area contributed by atoms with Gasteiger partial charge in [0.2, 0.25) is 0 Å². The van der Waals surface area contributed by atoms with Crippen LogP contribution in [0.3, 0.4) is 0 Å². The average molecular weight is 287 g/mol. The van der Waals surface area contributed by atoms with Crippen molar-refractivity contribution in [1.29, 1.82) is 0 Å². The van der Waals surface area contributed by atoms with E-state index in [4.69, 9.17) is 16.3 Å². The summed E-state index contributed by atoms with van der Waals surface area (Å²) in [5, 5.41) is 0. The second kappa shape index (κ2) is 9.19. The Morgan fingerprint density at radius 3 is 2.58 bits per heavy atom. The number of halogens is 1. The van der Waals surface area contributed by atoms with Gasteiger partial charge in [-0.15, -0.1) is 11.6 Å². The Morgan fingerprint density at radius 2 is 2.05 bits per heavy atom. The molecular weight excluding hydrogens is 260 g/mol. The molecule has 110 valence electrons. The van der Waals surface area contributed by atoms with Gasteiger partial charge in [-0.1, -0.05) is 19.1 Å². The number of allylic oxidation sites excluding steroid dienone is 3. The molecular formula is C16H27ClO2. The van der Waals surface area contributed by atoms with Gasteiger partial charge in [-0.3, -0.25) is 0 Å². The van der Waals surface area contributed by atoms with Crippen LogP contribution in [0, 0.1) is 5.92 Å². The van der Waals surface area contributed by atoms with Crippen molar-refractivity contribution in [1.82, 2.24) is 0 Å². The van der Waals surface area contributed by atoms with Gasteiger partial charge in [-0.2, -0.15) is 0 Å². The first kappa shape index (κ1) is 18.2. The van der Waals surface area contributed by atoms with Crippen LogP contribution in [0.4, 0.5) is 0 Å². The molecule has 1 unspecified atom stereocenters. The smallest absolute Gasteiger partial charge is 0.330 e. The third kappa shape index (κ3) is 12.0. The van der Waals surface area contributed by atoms with Crippen molar-refractivity contribution < 1.29 is 9.53 Å². The first-order valence-electron chi connectivity index (χ1n) is 6.95. The van der Waals surface area contributed by atoms with Gasteiger partial charge < -0.3 is 4.74 Å². The molecule has 0 aliphatic rings. The summed E-state index contributed by atoms with van der Waals surface area (Å²) in [5.74, 6) is 0.325. The Kier molecular flexibility index (Phi) is 8.82. The maximum atomic E-state index is 11.2. The van der Waals surface area contributed by atoms with Gasteiger partial charge in [-0.05, 0) is 58.4 Å². The maximum Gasteiger partial charge on any atom is 0.330 e. The van der Waals surface area contributed by atoms with Crippen molar-refractivity contribution in [2.24, 2.45) is 5.92 Å². The topological polar surface area (TPSA) is 26.3 Å². The number of ether oxygens (including phenoxy) is 1. The molecule has 0 aliphatic heterocycles. The zero-order valence-electron chi connectivity index (χ0n) is 12.8. The normalized spacial score (nSPS) is 14.7. The van der Waals surface area contributed by atoms with Crippen LogP contribution >= 0.6 is 11.6 Å². The lowest BCUT2D eigenvalue weighted by Gasteiger charge is -2.17. The molecule has 0 spiro atoms. The van der Waals surface area contributed by atoms with E-state index in [-0.39, 0.29) is 10.8 Å². The number of carbonyl (C=O) groups is 1. The molecule has 1 atom stereocenters. The Bertz CT molecular complexity index is 324. The number of hydrogen-bond donors (Lipinski definition) is 0. The molecule has 19 heavy (non-hydrogen) atoms. The highest BCUT2D eigenvalue weighted by Crippen LogP contribution is 2.23. The van der Waals surface area contributed by atoms with Crippen LogP contribution in [0.2, 0.25) is 0 Å². The second-order valence-electron chi connectivity index (χ2n) is 5.64. The first-order valence-corrected chi connectivity index (χ1v) is 7.33. The molecule has 3 heteroatoms. The summed E-state index contributed by atoms with van der Waals surface area (Å²) in [5.41, 5.74) is 0.920. The fourth-order valence-electron chi connectivity index (χ4n) is 1.61. The van der Waals surface area contributed by atoms with Crippen LogP contribution in [0.25, 0.3) is 0 Å². The molecule has 0 radical (unpaired) electrons. The number of esters is 1. The summed E-state index contributed by atoms with van der Waals surface area (Å²) in [4.78, 5) is 11.1. The number of carbonyl (C=O) groups excluding carboxylic acids is 1. The van der Waals surface area contributed by atoms with Gasteiger partial charge in [0.1, 0.15) is 0 Å². The Balaban J connectivity index is 4.04. The lowest BCUT2D eigenvalue weighted by atomic mass is 9.96. The monoisotopic (exact) mass is 286 g/mol. The quantitative estimate of drug-likeness (QED) is 0.275. The van der Waals surface area contributed by atoms with Crippen LogP contribution in [0.5, 0.6) is 0 Å². The highest BCUT2D eigenvalue weighted by Gasteiger charge is 2.14. The van der Waals surface area contributed by atoms with Gasteiger partial charge in [0, 0.05) is 11.0 Å². The van der Waals surface area contributed by atoms with Crippen LogP contribution in [0.1, 0.15) is 53.9 Å². The third-order valence-electron chi connectivity index (χ3n) is 2.78. The molecule has 0 saturated heterocycles. The molecule has 0 rings (SSSR count). The Hall–Kier alpha value is -0.760. The largest absolute Gasteiger partial charge is 0.463 e. The molecule has 0 aromatic heterocycles. The van der Waals surface area contributed by atoms with Crippen LogP contribution in [-0.2, 0) is 9.53 Å². The molecule has 0 amide bonds. The van der Waals surface area contributed by atoms with E-state index in [1.54, 1.807) is 6.92 Å². The number of hydrogen-bond acceptors (Lipinski definition) is 2. The van der Waals surface area contributed by atoms with E-state index < -0.39 is 0 Å². The Morgan fingerprint density at radius 1 is 1.42 bits per heavy atom. The number of rotatable bonds is 8. The van der Waals surface area contributed by atoms with Crippen LogP contribution in [0.15, 0.2) is 23.8 Å². The summed E-state index contributed by atoms with van der Waals surface area (Å²) in [7, 11) is 0. The standard InChI is InChI=1S/C16H27ClO2/c1-6-19-15(18)12-14(3)9-7-8-13(2)10-11-16(4,5)17/h7,9,12-13H,6,8,10-11H2,1-5H3/b9-7+,14-12+. The molecule has 0 saturated carbocycles. The zero-order valence-corrected chi connectivity index (χ0v) is 13.6. The highest BCUT2D eigenvalue weighted by atomic mass is 35.5. The zero-order chi connectivity index (χ0) is 14.9.